The molecule has 198 valence electrons. The zero-order valence-electron chi connectivity index (χ0n) is 22.8. The number of nitrogens with zero attached hydrogens (tertiary/aromatic N) is 2. The molecular formula is C39H26N2O. The number of aromatic nitrogens is 1. The van der Waals surface area contributed by atoms with Crippen LogP contribution in [0.4, 0.5) is 17.1 Å². The fourth-order valence-electron chi connectivity index (χ4n) is 5.88. The lowest BCUT2D eigenvalue weighted by molar-refractivity contribution is 0.667. The van der Waals surface area contributed by atoms with Crippen LogP contribution in [-0.2, 0) is 0 Å². The summed E-state index contributed by atoms with van der Waals surface area (Å²) in [6.07, 6.45) is 3.61. The van der Waals surface area contributed by atoms with Crippen molar-refractivity contribution in [3.63, 3.8) is 0 Å². The van der Waals surface area contributed by atoms with Crippen LogP contribution in [0.1, 0.15) is 0 Å². The van der Waals surface area contributed by atoms with Gasteiger partial charge in [-0.05, 0) is 81.6 Å². The number of fused-ring (bicyclic) bond motifs is 4. The van der Waals surface area contributed by atoms with E-state index in [9.17, 15) is 0 Å². The van der Waals surface area contributed by atoms with Crippen LogP contribution in [-0.4, -0.2) is 4.98 Å². The fraction of sp³-hybridized carbons (Fsp3) is 0. The quantitative estimate of drug-likeness (QED) is 0.218. The third kappa shape index (κ3) is 4.20. The summed E-state index contributed by atoms with van der Waals surface area (Å²) in [6, 6.07) is 51.5. The number of pyridine rings is 1. The fourth-order valence-corrected chi connectivity index (χ4v) is 5.88. The maximum Gasteiger partial charge on any atom is 0.153 e. The Morgan fingerprint density at radius 1 is 0.476 bits per heavy atom. The molecule has 8 aromatic rings. The maximum absolute atomic E-state index is 6.21. The number of rotatable bonds is 5. The van der Waals surface area contributed by atoms with Gasteiger partial charge < -0.3 is 9.32 Å². The molecule has 0 atom stereocenters. The second kappa shape index (κ2) is 10.1. The van der Waals surface area contributed by atoms with Crippen LogP contribution in [0.2, 0.25) is 0 Å². The Morgan fingerprint density at radius 3 is 1.88 bits per heavy atom. The molecule has 0 amide bonds. The van der Waals surface area contributed by atoms with Gasteiger partial charge in [0.15, 0.2) is 5.58 Å². The van der Waals surface area contributed by atoms with Crippen molar-refractivity contribution in [2.75, 3.05) is 4.90 Å². The van der Waals surface area contributed by atoms with Crippen LogP contribution in [0.25, 0.3) is 55.0 Å². The molecule has 0 spiro atoms. The largest absolute Gasteiger partial charge is 0.454 e. The van der Waals surface area contributed by atoms with Crippen LogP contribution >= 0.6 is 0 Å². The summed E-state index contributed by atoms with van der Waals surface area (Å²) in [5.41, 5.74) is 9.60. The van der Waals surface area contributed by atoms with E-state index in [2.05, 4.69) is 137 Å². The summed E-state index contributed by atoms with van der Waals surface area (Å²) in [4.78, 5) is 6.60. The Kier molecular flexibility index (Phi) is 5.79. The highest BCUT2D eigenvalue weighted by atomic mass is 16.3. The molecule has 0 aliphatic rings. The van der Waals surface area contributed by atoms with Crippen molar-refractivity contribution in [2.24, 2.45) is 0 Å². The van der Waals surface area contributed by atoms with Crippen molar-refractivity contribution in [1.82, 2.24) is 4.98 Å². The van der Waals surface area contributed by atoms with Gasteiger partial charge in [-0.2, -0.15) is 0 Å². The topological polar surface area (TPSA) is 29.3 Å². The Morgan fingerprint density at radius 2 is 1.12 bits per heavy atom. The van der Waals surface area contributed by atoms with Gasteiger partial charge in [0, 0.05) is 23.0 Å². The minimum absolute atomic E-state index is 0.783. The number of hydrogen-bond acceptors (Lipinski definition) is 3. The van der Waals surface area contributed by atoms with E-state index in [4.69, 9.17) is 4.42 Å². The Hall–Kier alpha value is -5.67. The minimum Gasteiger partial charge on any atom is -0.454 e. The van der Waals surface area contributed by atoms with E-state index in [0.717, 1.165) is 39.0 Å². The molecule has 0 aliphatic heterocycles. The zero-order valence-corrected chi connectivity index (χ0v) is 22.8. The predicted octanol–water partition coefficient (Wildman–Crippen LogP) is 10.9. The van der Waals surface area contributed by atoms with Gasteiger partial charge >= 0.3 is 0 Å². The standard InChI is InChI=1S/C39H26N2O/c1-2-7-27(8-3-1)29-15-19-33(20-16-29)41(36-11-6-12-37-39(36)35-23-24-40-26-38(35)42-37)34-21-17-30(18-22-34)32-14-13-28-9-4-5-10-31(28)25-32/h1-26H. The Balaban J connectivity index is 1.27. The van der Waals surface area contributed by atoms with E-state index in [-0.39, 0.29) is 0 Å². The molecule has 0 fully saturated rings. The lowest BCUT2D eigenvalue weighted by Gasteiger charge is -2.26. The van der Waals surface area contributed by atoms with E-state index in [1.54, 1.807) is 6.20 Å². The summed E-state index contributed by atoms with van der Waals surface area (Å²) < 4.78 is 6.21. The van der Waals surface area contributed by atoms with Crippen molar-refractivity contribution < 1.29 is 4.42 Å². The highest BCUT2D eigenvalue weighted by Crippen LogP contribution is 2.43. The first-order chi connectivity index (χ1) is 20.8. The smallest absolute Gasteiger partial charge is 0.153 e. The monoisotopic (exact) mass is 538 g/mol. The number of anilines is 3. The first-order valence-electron chi connectivity index (χ1n) is 14.1. The van der Waals surface area contributed by atoms with Crippen LogP contribution in [0, 0.1) is 0 Å². The van der Waals surface area contributed by atoms with Crippen molar-refractivity contribution >= 4 is 49.8 Å². The van der Waals surface area contributed by atoms with Gasteiger partial charge in [0.25, 0.3) is 0 Å². The minimum atomic E-state index is 0.783. The second-order valence-corrected chi connectivity index (χ2v) is 10.5. The van der Waals surface area contributed by atoms with Crippen LogP contribution in [0.5, 0.6) is 0 Å². The first kappa shape index (κ1) is 24.2. The van der Waals surface area contributed by atoms with E-state index in [0.29, 0.717) is 0 Å². The van der Waals surface area contributed by atoms with Crippen molar-refractivity contribution in [1.29, 1.82) is 0 Å². The molecule has 0 bridgehead atoms. The molecular weight excluding hydrogens is 512 g/mol. The van der Waals surface area contributed by atoms with Crippen LogP contribution < -0.4 is 4.90 Å². The zero-order chi connectivity index (χ0) is 27.9. The van der Waals surface area contributed by atoms with Crippen LogP contribution in [0.15, 0.2) is 162 Å². The van der Waals surface area contributed by atoms with E-state index >= 15 is 0 Å². The van der Waals surface area contributed by atoms with Gasteiger partial charge in [-0.15, -0.1) is 0 Å². The predicted molar refractivity (Wildman–Crippen MR) is 175 cm³/mol. The third-order valence-electron chi connectivity index (χ3n) is 7.96. The molecule has 0 saturated heterocycles. The molecule has 0 saturated carbocycles. The molecule has 6 aromatic carbocycles. The van der Waals surface area contributed by atoms with Crippen molar-refractivity contribution in [2.45, 2.75) is 0 Å². The Labute approximate surface area is 243 Å². The average Bonchev–Trinajstić information content (AvgIpc) is 3.45. The number of hydrogen-bond donors (Lipinski definition) is 0. The Bertz CT molecular complexity index is 2180. The first-order valence-corrected chi connectivity index (χ1v) is 14.1. The van der Waals surface area contributed by atoms with Gasteiger partial charge in [-0.3, -0.25) is 4.98 Å². The van der Waals surface area contributed by atoms with Crippen molar-refractivity contribution in [3.8, 4) is 22.3 Å². The summed E-state index contributed by atoms with van der Waals surface area (Å²) >= 11 is 0. The molecule has 0 unspecified atom stereocenters. The lowest BCUT2D eigenvalue weighted by atomic mass is 10.0. The van der Waals surface area contributed by atoms with E-state index in [1.807, 2.05) is 24.4 Å². The highest BCUT2D eigenvalue weighted by molar-refractivity contribution is 6.13. The van der Waals surface area contributed by atoms with Gasteiger partial charge in [0.2, 0.25) is 0 Å². The normalized spacial score (nSPS) is 11.3. The highest BCUT2D eigenvalue weighted by Gasteiger charge is 2.19. The third-order valence-corrected chi connectivity index (χ3v) is 7.96. The molecule has 42 heavy (non-hydrogen) atoms. The average molecular weight is 539 g/mol. The van der Waals surface area contributed by atoms with E-state index < -0.39 is 0 Å². The van der Waals surface area contributed by atoms with Gasteiger partial charge in [-0.25, -0.2) is 0 Å². The molecule has 0 N–H and O–H groups in total. The lowest BCUT2D eigenvalue weighted by Crippen LogP contribution is -2.10. The molecule has 8 rings (SSSR count). The van der Waals surface area contributed by atoms with Gasteiger partial charge in [-0.1, -0.05) is 97.1 Å². The molecule has 3 nitrogen and oxygen atoms in total. The SMILES string of the molecule is c1ccc(-c2ccc(N(c3ccc(-c4ccc5ccccc5c4)cc3)c3cccc4oc5cnccc5c34)cc2)cc1. The van der Waals surface area contributed by atoms with Crippen molar-refractivity contribution in [3.05, 3.63) is 158 Å². The maximum atomic E-state index is 6.21. The summed E-state index contributed by atoms with van der Waals surface area (Å²) in [5.74, 6) is 0. The molecule has 2 aromatic heterocycles. The number of benzene rings is 6. The number of furan rings is 1. The summed E-state index contributed by atoms with van der Waals surface area (Å²) in [6.45, 7) is 0. The molecule has 0 radical (unpaired) electrons. The van der Waals surface area contributed by atoms with E-state index in [1.165, 1.54) is 33.0 Å². The summed E-state index contributed by atoms with van der Waals surface area (Å²) in [7, 11) is 0. The van der Waals surface area contributed by atoms with Gasteiger partial charge in [0.1, 0.15) is 5.58 Å². The summed E-state index contributed by atoms with van der Waals surface area (Å²) in [5, 5.41) is 4.61. The molecule has 3 heteroatoms. The van der Waals surface area contributed by atoms with Gasteiger partial charge in [0.05, 0.1) is 17.3 Å². The molecule has 2 heterocycles. The second-order valence-electron chi connectivity index (χ2n) is 10.5. The molecule has 0 aliphatic carbocycles. The van der Waals surface area contributed by atoms with Crippen LogP contribution in [0.3, 0.4) is 0 Å².